The van der Waals surface area contributed by atoms with Gasteiger partial charge in [-0.3, -0.25) is 10.1 Å². The van der Waals surface area contributed by atoms with Crippen molar-refractivity contribution in [2.24, 2.45) is 5.14 Å². The summed E-state index contributed by atoms with van der Waals surface area (Å²) >= 11 is 1.29. The average molecular weight is 413 g/mol. The van der Waals surface area contributed by atoms with Crippen LogP contribution >= 0.6 is 22.6 Å². The van der Waals surface area contributed by atoms with Gasteiger partial charge in [-0.1, -0.05) is 0 Å². The number of primary sulfonamides is 1. The van der Waals surface area contributed by atoms with Crippen molar-refractivity contribution in [3.8, 4) is 5.75 Å². The Balaban J connectivity index is 3.56. The molecule has 0 fully saturated rings. The van der Waals surface area contributed by atoms with E-state index in [0.29, 0.717) is 6.07 Å². The van der Waals surface area contributed by atoms with Gasteiger partial charge in [0.2, 0.25) is 5.03 Å². The van der Waals surface area contributed by atoms with Crippen LogP contribution in [0.25, 0.3) is 0 Å². The van der Waals surface area contributed by atoms with Crippen molar-refractivity contribution < 1.29 is 31.2 Å². The van der Waals surface area contributed by atoms with Gasteiger partial charge in [0, 0.05) is 0 Å². The van der Waals surface area contributed by atoms with E-state index >= 15 is 0 Å². The number of ether oxygens (including phenoxy) is 1. The van der Waals surface area contributed by atoms with Crippen molar-refractivity contribution in [3.63, 3.8) is 0 Å². The summed E-state index contributed by atoms with van der Waals surface area (Å²) in [7, 11) is -4.63. The molecule has 0 radical (unpaired) electrons. The zero-order valence-corrected chi connectivity index (χ0v) is 11.5. The molecule has 1 heterocycles. The average Bonchev–Trinajstić information content (AvgIpc) is 2.15. The van der Waals surface area contributed by atoms with Gasteiger partial charge in [-0.25, -0.2) is 18.5 Å². The first kappa shape index (κ1) is 15.8. The van der Waals surface area contributed by atoms with Crippen molar-refractivity contribution in [2.45, 2.75) is 11.4 Å². The molecule has 0 aliphatic heterocycles. The fourth-order valence-electron chi connectivity index (χ4n) is 0.977. The molecule has 2 N–H and O–H groups in total. The molecule has 1 rings (SSSR count). The summed E-state index contributed by atoms with van der Waals surface area (Å²) in [4.78, 5) is 12.7. The molecule has 0 saturated heterocycles. The normalized spacial score (nSPS) is 12.3. The first-order valence-electron chi connectivity index (χ1n) is 4.05. The molecule has 0 aliphatic carbocycles. The van der Waals surface area contributed by atoms with E-state index in [2.05, 4.69) is 14.9 Å². The Labute approximate surface area is 117 Å². The lowest BCUT2D eigenvalue weighted by Gasteiger charge is -2.11. The maximum absolute atomic E-state index is 12.1. The number of halogens is 4. The van der Waals surface area contributed by atoms with Crippen LogP contribution in [-0.4, -0.2) is 24.7 Å². The van der Waals surface area contributed by atoms with Gasteiger partial charge in [0.1, 0.15) is 0 Å². The van der Waals surface area contributed by atoms with Crippen molar-refractivity contribution in [3.05, 3.63) is 19.9 Å². The Morgan fingerprint density at radius 2 is 2.00 bits per heavy atom. The molecule has 8 nitrogen and oxygen atoms in total. The fourth-order valence-corrected chi connectivity index (χ4v) is 2.33. The van der Waals surface area contributed by atoms with Crippen LogP contribution in [0.1, 0.15) is 0 Å². The summed E-state index contributed by atoms with van der Waals surface area (Å²) in [6, 6.07) is 0.294. The molecular weight excluding hydrogens is 410 g/mol. The second-order valence-electron chi connectivity index (χ2n) is 2.95. The molecule has 0 aromatic carbocycles. The van der Waals surface area contributed by atoms with Crippen molar-refractivity contribution in [2.75, 3.05) is 0 Å². The number of nitro groups is 1. The van der Waals surface area contributed by atoms with Gasteiger partial charge >= 0.3 is 12.0 Å². The maximum atomic E-state index is 12.1. The second kappa shape index (κ2) is 5.04. The number of pyridine rings is 1. The summed E-state index contributed by atoms with van der Waals surface area (Å²) in [6.07, 6.45) is -5.25. The van der Waals surface area contributed by atoms with Crippen LogP contribution < -0.4 is 9.88 Å². The minimum Gasteiger partial charge on any atom is -0.402 e. The molecular formula is C6H3F3IN3O5S. The zero-order chi connectivity index (χ0) is 15.0. The highest BCUT2D eigenvalue weighted by atomic mass is 127. The third kappa shape index (κ3) is 4.13. The topological polar surface area (TPSA) is 125 Å². The van der Waals surface area contributed by atoms with E-state index in [0.717, 1.165) is 0 Å². The molecule has 0 amide bonds. The number of aromatic nitrogens is 1. The highest BCUT2D eigenvalue weighted by Gasteiger charge is 2.36. The number of alkyl halides is 3. The van der Waals surface area contributed by atoms with E-state index in [-0.39, 0.29) is 0 Å². The molecule has 0 spiro atoms. The van der Waals surface area contributed by atoms with Crippen LogP contribution in [0.3, 0.4) is 0 Å². The van der Waals surface area contributed by atoms with Gasteiger partial charge in [0.15, 0.2) is 9.45 Å². The zero-order valence-electron chi connectivity index (χ0n) is 8.51. The summed E-state index contributed by atoms with van der Waals surface area (Å²) in [5, 5.41) is 14.0. The molecule has 0 saturated carbocycles. The Bertz CT molecular complexity index is 632. The molecule has 0 bridgehead atoms. The number of nitrogens with two attached hydrogens (primary N) is 1. The minimum absolute atomic E-state index is 0.294. The Hall–Kier alpha value is -1.22. The lowest BCUT2D eigenvalue weighted by Crippen LogP contribution is -2.22. The molecule has 13 heteroatoms. The molecule has 1 aromatic rings. The van der Waals surface area contributed by atoms with Crippen LogP contribution in [0.5, 0.6) is 5.75 Å². The van der Waals surface area contributed by atoms with E-state index in [4.69, 9.17) is 0 Å². The lowest BCUT2D eigenvalue weighted by atomic mass is 10.4. The van der Waals surface area contributed by atoms with E-state index in [1.165, 1.54) is 22.6 Å². The first-order chi connectivity index (χ1) is 8.42. The predicted molar refractivity (Wildman–Crippen MR) is 61.7 cm³/mol. The largest absolute Gasteiger partial charge is 0.573 e. The van der Waals surface area contributed by atoms with E-state index in [1.807, 2.05) is 0 Å². The smallest absolute Gasteiger partial charge is 0.402 e. The number of hydrogen-bond donors (Lipinski definition) is 1. The third-order valence-electron chi connectivity index (χ3n) is 1.58. The SMILES string of the molecule is NS(=O)(=O)c1nc(I)c([N+](=O)[O-])cc1OC(F)(F)F. The Morgan fingerprint density at radius 3 is 2.37 bits per heavy atom. The molecule has 0 aliphatic rings. The maximum Gasteiger partial charge on any atom is 0.573 e. The predicted octanol–water partition coefficient (Wildman–Crippen LogP) is 1.14. The van der Waals surface area contributed by atoms with Gasteiger partial charge < -0.3 is 4.74 Å². The van der Waals surface area contributed by atoms with Crippen molar-refractivity contribution >= 4 is 38.3 Å². The van der Waals surface area contributed by atoms with Gasteiger partial charge in [0.05, 0.1) is 11.0 Å². The molecule has 106 valence electrons. The third-order valence-corrected chi connectivity index (χ3v) is 3.21. The molecule has 0 atom stereocenters. The Morgan fingerprint density at radius 1 is 1.47 bits per heavy atom. The molecule has 1 aromatic heterocycles. The monoisotopic (exact) mass is 413 g/mol. The quantitative estimate of drug-likeness (QED) is 0.343. The van der Waals surface area contributed by atoms with Crippen LogP contribution in [0.2, 0.25) is 0 Å². The molecule has 0 unspecified atom stereocenters. The fraction of sp³-hybridized carbons (Fsp3) is 0.167. The highest BCUT2D eigenvalue weighted by Crippen LogP contribution is 2.33. The van der Waals surface area contributed by atoms with Crippen LogP contribution in [0.15, 0.2) is 11.1 Å². The second-order valence-corrected chi connectivity index (χ2v) is 5.45. The Kier molecular flexibility index (Phi) is 4.20. The number of hydrogen-bond acceptors (Lipinski definition) is 6. The summed E-state index contributed by atoms with van der Waals surface area (Å²) in [6.45, 7) is 0. The van der Waals surface area contributed by atoms with Crippen molar-refractivity contribution in [1.82, 2.24) is 4.98 Å². The van der Waals surface area contributed by atoms with Gasteiger partial charge in [0.25, 0.3) is 10.0 Å². The summed E-state index contributed by atoms with van der Waals surface area (Å²) in [5.41, 5.74) is -0.841. The minimum atomic E-state index is -5.25. The summed E-state index contributed by atoms with van der Waals surface area (Å²) in [5.74, 6) is -1.36. The van der Waals surface area contributed by atoms with Crippen molar-refractivity contribution in [1.29, 1.82) is 0 Å². The van der Waals surface area contributed by atoms with Crippen LogP contribution in [-0.2, 0) is 10.0 Å². The van der Waals surface area contributed by atoms with Crippen LogP contribution in [0, 0.1) is 13.8 Å². The molecule has 19 heavy (non-hydrogen) atoms. The van der Waals surface area contributed by atoms with E-state index in [9.17, 15) is 31.7 Å². The van der Waals surface area contributed by atoms with E-state index in [1.54, 1.807) is 0 Å². The highest BCUT2D eigenvalue weighted by molar-refractivity contribution is 14.1. The van der Waals surface area contributed by atoms with E-state index < -0.39 is 41.5 Å². The summed E-state index contributed by atoms with van der Waals surface area (Å²) < 4.78 is 61.3. The number of nitrogens with zero attached hydrogens (tertiary/aromatic N) is 2. The standard InChI is InChI=1S/C6H3F3IN3O5S/c7-6(8,9)18-3-1-2(13(14)15)4(10)12-5(3)19(11,16)17/h1H,(H2,11,16,17). The van der Waals surface area contributed by atoms with Crippen LogP contribution in [0.4, 0.5) is 18.9 Å². The van der Waals surface area contributed by atoms with Gasteiger partial charge in [-0.2, -0.15) is 0 Å². The van der Waals surface area contributed by atoms with Gasteiger partial charge in [-0.05, 0) is 22.6 Å². The number of sulfonamides is 1. The number of rotatable bonds is 3. The first-order valence-corrected chi connectivity index (χ1v) is 6.68. The lowest BCUT2D eigenvalue weighted by molar-refractivity contribution is -0.386. The van der Waals surface area contributed by atoms with Gasteiger partial charge in [-0.15, -0.1) is 13.2 Å².